The lowest BCUT2D eigenvalue weighted by Gasteiger charge is -2.36. The van der Waals surface area contributed by atoms with E-state index >= 15 is 0 Å². The SMILES string of the molecule is CCc1ccc(Nc2ccc(C(=O)N3CCN(c4ccccc4)CC3)cn2)cc1. The van der Waals surface area contributed by atoms with Crippen molar-refractivity contribution in [3.05, 3.63) is 84.1 Å². The van der Waals surface area contributed by atoms with E-state index in [2.05, 4.69) is 46.4 Å². The second-order valence-corrected chi connectivity index (χ2v) is 7.22. The first-order valence-electron chi connectivity index (χ1n) is 10.1. The average Bonchev–Trinajstić information content (AvgIpc) is 2.80. The summed E-state index contributed by atoms with van der Waals surface area (Å²) in [6.45, 7) is 5.27. The summed E-state index contributed by atoms with van der Waals surface area (Å²) in [7, 11) is 0. The molecular weight excluding hydrogens is 360 g/mol. The molecule has 5 nitrogen and oxygen atoms in total. The highest BCUT2D eigenvalue weighted by atomic mass is 16.2. The van der Waals surface area contributed by atoms with Crippen molar-refractivity contribution in [1.82, 2.24) is 9.88 Å². The molecule has 1 fully saturated rings. The number of aromatic nitrogens is 1. The van der Waals surface area contributed by atoms with E-state index in [0.29, 0.717) is 5.56 Å². The fraction of sp³-hybridized carbons (Fsp3) is 0.250. The minimum Gasteiger partial charge on any atom is -0.368 e. The van der Waals surface area contributed by atoms with Gasteiger partial charge in [-0.05, 0) is 48.4 Å². The lowest BCUT2D eigenvalue weighted by Crippen LogP contribution is -2.48. The molecule has 0 spiro atoms. The van der Waals surface area contributed by atoms with Gasteiger partial charge in [-0.15, -0.1) is 0 Å². The van der Waals surface area contributed by atoms with Crippen molar-refractivity contribution in [3.63, 3.8) is 0 Å². The van der Waals surface area contributed by atoms with Gasteiger partial charge in [-0.3, -0.25) is 4.79 Å². The number of hydrogen-bond donors (Lipinski definition) is 1. The number of aryl methyl sites for hydroxylation is 1. The van der Waals surface area contributed by atoms with Gasteiger partial charge in [0.15, 0.2) is 0 Å². The van der Waals surface area contributed by atoms with Crippen molar-refractivity contribution < 1.29 is 4.79 Å². The summed E-state index contributed by atoms with van der Waals surface area (Å²) in [5, 5.41) is 3.28. The lowest BCUT2D eigenvalue weighted by molar-refractivity contribution is 0.0746. The van der Waals surface area contributed by atoms with E-state index in [1.165, 1.54) is 11.3 Å². The van der Waals surface area contributed by atoms with Gasteiger partial charge in [0, 0.05) is 43.8 Å². The van der Waals surface area contributed by atoms with E-state index in [0.717, 1.165) is 44.1 Å². The van der Waals surface area contributed by atoms with Crippen molar-refractivity contribution in [3.8, 4) is 0 Å². The van der Waals surface area contributed by atoms with Crippen LogP contribution in [0.1, 0.15) is 22.8 Å². The summed E-state index contributed by atoms with van der Waals surface area (Å²) in [4.78, 5) is 21.5. The van der Waals surface area contributed by atoms with E-state index in [1.807, 2.05) is 47.4 Å². The minimum absolute atomic E-state index is 0.0454. The number of para-hydroxylation sites is 1. The molecule has 29 heavy (non-hydrogen) atoms. The summed E-state index contributed by atoms with van der Waals surface area (Å²) in [5.41, 5.74) is 4.14. The molecule has 0 saturated carbocycles. The molecule has 148 valence electrons. The molecule has 1 saturated heterocycles. The van der Waals surface area contributed by atoms with Crippen molar-refractivity contribution >= 4 is 23.1 Å². The number of nitrogens with zero attached hydrogens (tertiary/aromatic N) is 3. The number of benzene rings is 2. The molecule has 0 unspecified atom stereocenters. The third-order valence-corrected chi connectivity index (χ3v) is 5.33. The van der Waals surface area contributed by atoms with E-state index in [-0.39, 0.29) is 5.91 Å². The molecular formula is C24H26N4O. The monoisotopic (exact) mass is 386 g/mol. The number of nitrogens with one attached hydrogen (secondary N) is 1. The third kappa shape index (κ3) is 4.57. The second-order valence-electron chi connectivity index (χ2n) is 7.22. The van der Waals surface area contributed by atoms with Crippen LogP contribution in [0.4, 0.5) is 17.2 Å². The highest BCUT2D eigenvalue weighted by Gasteiger charge is 2.22. The third-order valence-electron chi connectivity index (χ3n) is 5.33. The van der Waals surface area contributed by atoms with E-state index in [9.17, 15) is 4.79 Å². The van der Waals surface area contributed by atoms with Crippen LogP contribution in [0.5, 0.6) is 0 Å². The van der Waals surface area contributed by atoms with Crippen LogP contribution in [0.2, 0.25) is 0 Å². The molecule has 4 rings (SSSR count). The Bertz CT molecular complexity index is 931. The van der Waals surface area contributed by atoms with E-state index < -0.39 is 0 Å². The molecule has 0 bridgehead atoms. The van der Waals surface area contributed by atoms with Crippen LogP contribution < -0.4 is 10.2 Å². The second kappa shape index (κ2) is 8.78. The van der Waals surface area contributed by atoms with Gasteiger partial charge in [0.05, 0.1) is 5.56 Å². The summed E-state index contributed by atoms with van der Waals surface area (Å²) in [6, 6.07) is 22.4. The molecule has 1 N–H and O–H groups in total. The standard InChI is InChI=1S/C24H26N4O/c1-2-19-8-11-21(12-9-19)26-23-13-10-20(18-25-23)24(29)28-16-14-27(15-17-28)22-6-4-3-5-7-22/h3-13,18H,2,14-17H2,1H3,(H,25,26). The molecule has 1 amide bonds. The number of carbonyl (C=O) groups excluding carboxylic acids is 1. The van der Waals surface area contributed by atoms with Crippen LogP contribution in [0.25, 0.3) is 0 Å². The maximum absolute atomic E-state index is 12.8. The number of carbonyl (C=O) groups is 1. The molecule has 1 aromatic heterocycles. The Morgan fingerprint density at radius 3 is 2.28 bits per heavy atom. The number of rotatable bonds is 5. The number of piperazine rings is 1. The summed E-state index contributed by atoms with van der Waals surface area (Å²) < 4.78 is 0. The first kappa shape index (κ1) is 19.0. The van der Waals surface area contributed by atoms with Crippen molar-refractivity contribution in [2.24, 2.45) is 0 Å². The number of anilines is 3. The van der Waals surface area contributed by atoms with E-state index in [1.54, 1.807) is 6.20 Å². The smallest absolute Gasteiger partial charge is 0.255 e. The predicted octanol–water partition coefficient (Wildman–Crippen LogP) is 4.35. The van der Waals surface area contributed by atoms with Crippen molar-refractivity contribution in [1.29, 1.82) is 0 Å². The van der Waals surface area contributed by atoms with Gasteiger partial charge in [-0.25, -0.2) is 4.98 Å². The Hall–Kier alpha value is -3.34. The quantitative estimate of drug-likeness (QED) is 0.708. The first-order chi connectivity index (χ1) is 14.2. The van der Waals surface area contributed by atoms with Gasteiger partial charge in [0.25, 0.3) is 5.91 Å². The largest absolute Gasteiger partial charge is 0.368 e. The molecule has 1 aliphatic heterocycles. The molecule has 1 aliphatic rings. The van der Waals surface area contributed by atoms with Gasteiger partial charge in [0.2, 0.25) is 0 Å². The fourth-order valence-electron chi connectivity index (χ4n) is 3.56. The Morgan fingerprint density at radius 1 is 0.931 bits per heavy atom. The van der Waals surface area contributed by atoms with Gasteiger partial charge < -0.3 is 15.1 Å². The first-order valence-corrected chi connectivity index (χ1v) is 10.1. The van der Waals surface area contributed by atoms with Gasteiger partial charge in [0.1, 0.15) is 5.82 Å². The summed E-state index contributed by atoms with van der Waals surface area (Å²) in [6.07, 6.45) is 2.68. The summed E-state index contributed by atoms with van der Waals surface area (Å²) in [5.74, 6) is 0.781. The Kier molecular flexibility index (Phi) is 5.75. The van der Waals surface area contributed by atoms with Crippen molar-refractivity contribution in [2.45, 2.75) is 13.3 Å². The van der Waals surface area contributed by atoms with Crippen LogP contribution in [0.15, 0.2) is 72.9 Å². The fourth-order valence-corrected chi connectivity index (χ4v) is 3.56. The van der Waals surface area contributed by atoms with E-state index in [4.69, 9.17) is 0 Å². The number of pyridine rings is 1. The maximum Gasteiger partial charge on any atom is 0.255 e. The van der Waals surface area contributed by atoms with Crippen LogP contribution in [0, 0.1) is 0 Å². The Labute approximate surface area is 172 Å². The predicted molar refractivity (Wildman–Crippen MR) is 118 cm³/mol. The summed E-state index contributed by atoms with van der Waals surface area (Å²) >= 11 is 0. The zero-order valence-electron chi connectivity index (χ0n) is 16.7. The molecule has 5 heteroatoms. The number of amides is 1. The Balaban J connectivity index is 1.34. The van der Waals surface area contributed by atoms with Gasteiger partial charge >= 0.3 is 0 Å². The van der Waals surface area contributed by atoms with Gasteiger partial charge in [-0.2, -0.15) is 0 Å². The molecule has 2 aromatic carbocycles. The molecule has 0 atom stereocenters. The van der Waals surface area contributed by atoms with Crippen LogP contribution >= 0.6 is 0 Å². The maximum atomic E-state index is 12.8. The van der Waals surface area contributed by atoms with Crippen molar-refractivity contribution in [2.75, 3.05) is 36.4 Å². The van der Waals surface area contributed by atoms with Crippen LogP contribution in [0.3, 0.4) is 0 Å². The average molecular weight is 386 g/mol. The highest BCUT2D eigenvalue weighted by Crippen LogP contribution is 2.19. The normalized spacial score (nSPS) is 14.0. The minimum atomic E-state index is 0.0454. The molecule has 2 heterocycles. The van der Waals surface area contributed by atoms with Crippen LogP contribution in [-0.4, -0.2) is 42.0 Å². The molecule has 0 aliphatic carbocycles. The molecule has 3 aromatic rings. The molecule has 0 radical (unpaired) electrons. The lowest BCUT2D eigenvalue weighted by atomic mass is 10.1. The zero-order valence-corrected chi connectivity index (χ0v) is 16.7. The van der Waals surface area contributed by atoms with Gasteiger partial charge in [-0.1, -0.05) is 37.3 Å². The zero-order chi connectivity index (χ0) is 20.1. The number of hydrogen-bond acceptors (Lipinski definition) is 4. The topological polar surface area (TPSA) is 48.5 Å². The Morgan fingerprint density at radius 2 is 1.66 bits per heavy atom. The highest BCUT2D eigenvalue weighted by molar-refractivity contribution is 5.94. The van der Waals surface area contributed by atoms with Crippen LogP contribution in [-0.2, 0) is 6.42 Å².